The number of nitrogen functional groups attached to an aromatic ring is 1. The zero-order valence-electron chi connectivity index (χ0n) is 9.28. The molecule has 92 valence electrons. The molecule has 0 aliphatic carbocycles. The molecule has 0 saturated carbocycles. The lowest BCUT2D eigenvalue weighted by atomic mass is 10.2. The van der Waals surface area contributed by atoms with Crippen molar-refractivity contribution in [1.82, 2.24) is 0 Å². The zero-order valence-corrected chi connectivity index (χ0v) is 9.28. The van der Waals surface area contributed by atoms with Gasteiger partial charge in [0.1, 0.15) is 0 Å². The SMILES string of the molecule is Nc1c(NC(=O)c2ccccc2)ccc(F)c1F. The van der Waals surface area contributed by atoms with Gasteiger partial charge in [0.15, 0.2) is 11.6 Å². The minimum atomic E-state index is -1.17. The van der Waals surface area contributed by atoms with Crippen molar-refractivity contribution in [2.75, 3.05) is 11.1 Å². The first-order valence-electron chi connectivity index (χ1n) is 5.19. The molecule has 0 unspecified atom stereocenters. The average molecular weight is 248 g/mol. The van der Waals surface area contributed by atoms with Gasteiger partial charge in [0.2, 0.25) is 0 Å². The molecule has 0 spiro atoms. The molecule has 0 heterocycles. The number of carbonyl (C=O) groups excluding carboxylic acids is 1. The number of carbonyl (C=O) groups is 1. The Kier molecular flexibility index (Phi) is 3.23. The molecule has 0 bridgehead atoms. The normalized spacial score (nSPS) is 10.1. The van der Waals surface area contributed by atoms with E-state index in [1.165, 1.54) is 6.07 Å². The van der Waals surface area contributed by atoms with E-state index >= 15 is 0 Å². The highest BCUT2D eigenvalue weighted by atomic mass is 19.2. The van der Waals surface area contributed by atoms with E-state index in [1.807, 2.05) is 0 Å². The number of hydrogen-bond donors (Lipinski definition) is 2. The minimum Gasteiger partial charge on any atom is -0.395 e. The van der Waals surface area contributed by atoms with E-state index in [0.29, 0.717) is 5.56 Å². The third-order valence-electron chi connectivity index (χ3n) is 2.42. The maximum atomic E-state index is 13.2. The van der Waals surface area contributed by atoms with Crippen LogP contribution in [-0.4, -0.2) is 5.91 Å². The van der Waals surface area contributed by atoms with Crippen molar-refractivity contribution < 1.29 is 13.6 Å². The molecule has 0 atom stereocenters. The van der Waals surface area contributed by atoms with E-state index in [0.717, 1.165) is 6.07 Å². The Labute approximate surface area is 102 Å². The van der Waals surface area contributed by atoms with E-state index < -0.39 is 23.2 Å². The smallest absolute Gasteiger partial charge is 0.255 e. The van der Waals surface area contributed by atoms with Gasteiger partial charge in [0.05, 0.1) is 11.4 Å². The van der Waals surface area contributed by atoms with Crippen LogP contribution in [0.1, 0.15) is 10.4 Å². The number of halogens is 2. The Hall–Kier alpha value is -2.43. The van der Waals surface area contributed by atoms with Crippen molar-refractivity contribution in [2.45, 2.75) is 0 Å². The van der Waals surface area contributed by atoms with Crippen LogP contribution >= 0.6 is 0 Å². The second-order valence-corrected chi connectivity index (χ2v) is 3.64. The van der Waals surface area contributed by atoms with Crippen molar-refractivity contribution in [1.29, 1.82) is 0 Å². The Morgan fingerprint density at radius 3 is 2.39 bits per heavy atom. The van der Waals surface area contributed by atoms with Crippen molar-refractivity contribution >= 4 is 17.3 Å². The standard InChI is InChI=1S/C13H10F2N2O/c14-9-6-7-10(12(16)11(9)15)17-13(18)8-4-2-1-3-5-8/h1-7H,16H2,(H,17,18). The summed E-state index contributed by atoms with van der Waals surface area (Å²) in [5.74, 6) is -2.65. The van der Waals surface area contributed by atoms with Gasteiger partial charge in [-0.25, -0.2) is 8.78 Å². The van der Waals surface area contributed by atoms with Crippen LogP contribution in [0.5, 0.6) is 0 Å². The number of amides is 1. The van der Waals surface area contributed by atoms with E-state index in [2.05, 4.69) is 5.32 Å². The first kappa shape index (κ1) is 12.0. The largest absolute Gasteiger partial charge is 0.395 e. The summed E-state index contributed by atoms with van der Waals surface area (Å²) in [6.45, 7) is 0. The summed E-state index contributed by atoms with van der Waals surface area (Å²) in [4.78, 5) is 11.8. The fourth-order valence-electron chi connectivity index (χ4n) is 1.46. The molecule has 3 N–H and O–H groups in total. The number of hydrogen-bond acceptors (Lipinski definition) is 2. The topological polar surface area (TPSA) is 55.1 Å². The van der Waals surface area contributed by atoms with Gasteiger partial charge < -0.3 is 11.1 Å². The third-order valence-corrected chi connectivity index (χ3v) is 2.42. The van der Waals surface area contributed by atoms with Crippen molar-refractivity contribution in [3.05, 3.63) is 59.7 Å². The van der Waals surface area contributed by atoms with Crippen LogP contribution in [0.15, 0.2) is 42.5 Å². The molecular weight excluding hydrogens is 238 g/mol. The Morgan fingerprint density at radius 2 is 1.72 bits per heavy atom. The molecule has 0 saturated heterocycles. The lowest BCUT2D eigenvalue weighted by molar-refractivity contribution is 0.102. The molecule has 0 aromatic heterocycles. The highest BCUT2D eigenvalue weighted by Gasteiger charge is 2.13. The quantitative estimate of drug-likeness (QED) is 0.803. The lowest BCUT2D eigenvalue weighted by Crippen LogP contribution is -2.14. The van der Waals surface area contributed by atoms with Gasteiger partial charge in [-0.05, 0) is 24.3 Å². The summed E-state index contributed by atoms with van der Waals surface area (Å²) in [6.07, 6.45) is 0. The van der Waals surface area contributed by atoms with Gasteiger partial charge >= 0.3 is 0 Å². The van der Waals surface area contributed by atoms with Crippen molar-refractivity contribution in [3.8, 4) is 0 Å². The van der Waals surface area contributed by atoms with E-state index in [-0.39, 0.29) is 5.69 Å². The lowest BCUT2D eigenvalue weighted by Gasteiger charge is -2.09. The third kappa shape index (κ3) is 2.29. The van der Waals surface area contributed by atoms with Crippen molar-refractivity contribution in [3.63, 3.8) is 0 Å². The number of anilines is 2. The number of rotatable bonds is 2. The van der Waals surface area contributed by atoms with Gasteiger partial charge in [-0.15, -0.1) is 0 Å². The fraction of sp³-hybridized carbons (Fsp3) is 0. The number of benzene rings is 2. The van der Waals surface area contributed by atoms with Crippen LogP contribution in [0.25, 0.3) is 0 Å². The molecule has 2 aromatic rings. The first-order valence-corrected chi connectivity index (χ1v) is 5.19. The van der Waals surface area contributed by atoms with Crippen LogP contribution in [-0.2, 0) is 0 Å². The average Bonchev–Trinajstić information content (AvgIpc) is 2.40. The summed E-state index contributed by atoms with van der Waals surface area (Å²) in [6, 6.07) is 10.5. The maximum Gasteiger partial charge on any atom is 0.255 e. The van der Waals surface area contributed by atoms with Crippen LogP contribution in [0.3, 0.4) is 0 Å². The predicted octanol–water partition coefficient (Wildman–Crippen LogP) is 2.80. The Bertz CT molecular complexity index is 585. The number of nitrogens with one attached hydrogen (secondary N) is 1. The van der Waals surface area contributed by atoms with Gasteiger partial charge in [-0.3, -0.25) is 4.79 Å². The van der Waals surface area contributed by atoms with Crippen LogP contribution in [0.2, 0.25) is 0 Å². The summed E-state index contributed by atoms with van der Waals surface area (Å²) < 4.78 is 26.0. The molecular formula is C13H10F2N2O. The molecule has 1 amide bonds. The monoisotopic (exact) mass is 248 g/mol. The molecule has 0 aliphatic rings. The van der Waals surface area contributed by atoms with Gasteiger partial charge in [-0.2, -0.15) is 0 Å². The molecule has 2 rings (SSSR count). The van der Waals surface area contributed by atoms with Gasteiger partial charge in [0.25, 0.3) is 5.91 Å². The summed E-state index contributed by atoms with van der Waals surface area (Å²) in [5, 5.41) is 2.42. The molecule has 18 heavy (non-hydrogen) atoms. The second-order valence-electron chi connectivity index (χ2n) is 3.64. The molecule has 0 radical (unpaired) electrons. The highest BCUT2D eigenvalue weighted by molar-refractivity contribution is 6.05. The fourth-order valence-corrected chi connectivity index (χ4v) is 1.46. The molecule has 5 heteroatoms. The van der Waals surface area contributed by atoms with Crippen molar-refractivity contribution in [2.24, 2.45) is 0 Å². The van der Waals surface area contributed by atoms with Gasteiger partial charge in [0, 0.05) is 5.56 Å². The van der Waals surface area contributed by atoms with Gasteiger partial charge in [-0.1, -0.05) is 18.2 Å². The predicted molar refractivity (Wildman–Crippen MR) is 65.2 cm³/mol. The maximum absolute atomic E-state index is 13.2. The van der Waals surface area contributed by atoms with Crippen LogP contribution in [0.4, 0.5) is 20.2 Å². The second kappa shape index (κ2) is 4.83. The highest BCUT2D eigenvalue weighted by Crippen LogP contribution is 2.24. The zero-order chi connectivity index (χ0) is 13.1. The number of nitrogens with two attached hydrogens (primary N) is 1. The van der Waals surface area contributed by atoms with E-state index in [4.69, 9.17) is 5.73 Å². The molecule has 0 fully saturated rings. The first-order chi connectivity index (χ1) is 8.59. The summed E-state index contributed by atoms with van der Waals surface area (Å²) >= 11 is 0. The molecule has 3 nitrogen and oxygen atoms in total. The van der Waals surface area contributed by atoms with Crippen LogP contribution < -0.4 is 11.1 Å². The molecule has 0 aliphatic heterocycles. The Morgan fingerprint density at radius 1 is 1.06 bits per heavy atom. The molecule has 2 aromatic carbocycles. The van der Waals surface area contributed by atoms with E-state index in [9.17, 15) is 13.6 Å². The summed E-state index contributed by atoms with van der Waals surface area (Å²) in [7, 11) is 0. The summed E-state index contributed by atoms with van der Waals surface area (Å²) in [5.41, 5.74) is 5.41. The minimum absolute atomic E-state index is 0.0442. The Balaban J connectivity index is 2.26. The van der Waals surface area contributed by atoms with Crippen LogP contribution in [0, 0.1) is 11.6 Å². The van der Waals surface area contributed by atoms with E-state index in [1.54, 1.807) is 30.3 Å².